The highest BCUT2D eigenvalue weighted by Gasteiger charge is 2.24. The van der Waals surface area contributed by atoms with Crippen molar-refractivity contribution in [2.45, 2.75) is 38.1 Å². The first-order valence-electron chi connectivity index (χ1n) is 9.65. The number of carbonyl (C=O) groups excluding carboxylic acids is 2. The summed E-state index contributed by atoms with van der Waals surface area (Å²) in [7, 11) is 0. The molecule has 2 heterocycles. The Hall–Kier alpha value is -3.95. The number of aliphatic carboxylic acids is 2. The predicted molar refractivity (Wildman–Crippen MR) is 111 cm³/mol. The number of amides is 1. The van der Waals surface area contributed by atoms with Crippen molar-refractivity contribution in [2.75, 3.05) is 0 Å². The van der Waals surface area contributed by atoms with Crippen LogP contribution in [0.2, 0.25) is 0 Å². The Bertz CT molecular complexity index is 1050. The van der Waals surface area contributed by atoms with E-state index in [1.165, 1.54) is 0 Å². The van der Waals surface area contributed by atoms with Gasteiger partial charge in [0.1, 0.15) is 17.7 Å². The first kappa shape index (κ1) is 21.8. The number of nitrogens with two attached hydrogens (primary N) is 1. The number of carboxylic acids is 2. The molecular formula is C21H22N4O6. The molecule has 1 aromatic heterocycles. The van der Waals surface area contributed by atoms with Gasteiger partial charge in [0.25, 0.3) is 5.91 Å². The molecule has 0 saturated heterocycles. The number of Topliss-reactive ketones (excluding diaryl/α,β-unsaturated/α-hetero) is 1. The Morgan fingerprint density at radius 1 is 1.16 bits per heavy atom. The van der Waals surface area contributed by atoms with Gasteiger partial charge in [-0.1, -0.05) is 12.1 Å². The van der Waals surface area contributed by atoms with Gasteiger partial charge in [-0.3, -0.25) is 14.4 Å². The van der Waals surface area contributed by atoms with Gasteiger partial charge in [0.05, 0.1) is 12.0 Å². The number of nitrogens with zero attached hydrogens (tertiary/aromatic N) is 1. The van der Waals surface area contributed by atoms with Gasteiger partial charge < -0.3 is 26.2 Å². The SMILES string of the molecule is NC1=Nc2[nH]cc(CCc3ccc(C(=O)NC(CCC(=O)O)C(=O)O)cc3)c2C(=O)C1. The van der Waals surface area contributed by atoms with E-state index in [4.69, 9.17) is 15.9 Å². The summed E-state index contributed by atoms with van der Waals surface area (Å²) in [6.07, 6.45) is 2.49. The lowest BCUT2D eigenvalue weighted by Gasteiger charge is -2.13. The van der Waals surface area contributed by atoms with Crippen LogP contribution in [0.25, 0.3) is 0 Å². The number of H-pyrrole nitrogens is 1. The van der Waals surface area contributed by atoms with Gasteiger partial charge in [0.2, 0.25) is 0 Å². The van der Waals surface area contributed by atoms with Gasteiger partial charge in [-0.25, -0.2) is 9.79 Å². The molecule has 0 bridgehead atoms. The Morgan fingerprint density at radius 3 is 2.52 bits per heavy atom. The van der Waals surface area contributed by atoms with E-state index < -0.39 is 23.9 Å². The van der Waals surface area contributed by atoms with Crippen LogP contribution >= 0.6 is 0 Å². The second-order valence-corrected chi connectivity index (χ2v) is 7.23. The fourth-order valence-electron chi connectivity index (χ4n) is 3.35. The normalized spacial score (nSPS) is 13.8. The molecule has 0 aliphatic carbocycles. The quantitative estimate of drug-likeness (QED) is 0.403. The van der Waals surface area contributed by atoms with Gasteiger partial charge in [-0.2, -0.15) is 0 Å². The second-order valence-electron chi connectivity index (χ2n) is 7.23. The number of aromatic amines is 1. The van der Waals surface area contributed by atoms with E-state index in [0.29, 0.717) is 24.2 Å². The maximum atomic E-state index is 12.3. The molecule has 6 N–H and O–H groups in total. The van der Waals surface area contributed by atoms with E-state index in [9.17, 15) is 19.2 Å². The van der Waals surface area contributed by atoms with E-state index in [-0.39, 0.29) is 36.4 Å². The number of benzene rings is 1. The highest BCUT2D eigenvalue weighted by Crippen LogP contribution is 2.28. The fourth-order valence-corrected chi connectivity index (χ4v) is 3.35. The lowest BCUT2D eigenvalue weighted by Crippen LogP contribution is -2.41. The van der Waals surface area contributed by atoms with Crippen LogP contribution in [0.4, 0.5) is 5.82 Å². The highest BCUT2D eigenvalue weighted by molar-refractivity contribution is 6.15. The third-order valence-electron chi connectivity index (χ3n) is 4.97. The van der Waals surface area contributed by atoms with Crippen molar-refractivity contribution in [1.29, 1.82) is 0 Å². The van der Waals surface area contributed by atoms with Gasteiger partial charge in [-0.15, -0.1) is 0 Å². The van der Waals surface area contributed by atoms with Gasteiger partial charge in [-0.05, 0) is 42.5 Å². The third-order valence-corrected chi connectivity index (χ3v) is 4.97. The van der Waals surface area contributed by atoms with Crippen LogP contribution in [-0.2, 0) is 22.4 Å². The van der Waals surface area contributed by atoms with Crippen LogP contribution in [0.1, 0.15) is 51.1 Å². The Morgan fingerprint density at radius 2 is 1.87 bits per heavy atom. The van der Waals surface area contributed by atoms with E-state index >= 15 is 0 Å². The number of hydrogen-bond donors (Lipinski definition) is 5. The number of hydrogen-bond acceptors (Lipinski definition) is 6. The third kappa shape index (κ3) is 5.35. The van der Waals surface area contributed by atoms with Gasteiger partial charge in [0, 0.05) is 18.2 Å². The number of aromatic nitrogens is 1. The standard InChI is InChI=1S/C21H22N4O6/c22-16-9-15(26)18-13(10-23-19(18)25-16)6-3-11-1-4-12(5-2-11)20(29)24-14(21(30)31)7-8-17(27)28/h1-2,4-5,10,14,23H,3,6-9H2,(H2,22,25)(H,24,29)(H,27,28)(H,30,31). The van der Waals surface area contributed by atoms with E-state index in [1.54, 1.807) is 30.5 Å². The number of aryl methyl sites for hydroxylation is 2. The van der Waals surface area contributed by atoms with Gasteiger partial charge >= 0.3 is 11.9 Å². The van der Waals surface area contributed by atoms with Crippen LogP contribution < -0.4 is 11.1 Å². The zero-order chi connectivity index (χ0) is 22.5. The molecule has 10 heteroatoms. The van der Waals surface area contributed by atoms with Crippen molar-refractivity contribution in [2.24, 2.45) is 10.7 Å². The fraction of sp³-hybridized carbons (Fsp3) is 0.286. The van der Waals surface area contributed by atoms with Gasteiger partial charge in [0.15, 0.2) is 5.78 Å². The molecule has 31 heavy (non-hydrogen) atoms. The molecule has 1 amide bonds. The number of fused-ring (bicyclic) bond motifs is 1. The average Bonchev–Trinajstić information content (AvgIpc) is 3.12. The summed E-state index contributed by atoms with van der Waals surface area (Å²) < 4.78 is 0. The van der Waals surface area contributed by atoms with E-state index in [1.807, 2.05) is 0 Å². The average molecular weight is 426 g/mol. The maximum Gasteiger partial charge on any atom is 0.326 e. The van der Waals surface area contributed by atoms with Crippen LogP contribution in [0.15, 0.2) is 35.5 Å². The van der Waals surface area contributed by atoms with Crippen molar-refractivity contribution in [3.8, 4) is 0 Å². The number of ketones is 1. The van der Waals surface area contributed by atoms with Crippen molar-refractivity contribution in [3.63, 3.8) is 0 Å². The summed E-state index contributed by atoms with van der Waals surface area (Å²) in [5, 5.41) is 20.2. The second kappa shape index (κ2) is 9.24. The molecular weight excluding hydrogens is 404 g/mol. The minimum Gasteiger partial charge on any atom is -0.481 e. The summed E-state index contributed by atoms with van der Waals surface area (Å²) in [5.41, 5.74) is 8.25. The molecule has 0 fully saturated rings. The molecule has 162 valence electrons. The zero-order valence-corrected chi connectivity index (χ0v) is 16.6. The first-order chi connectivity index (χ1) is 14.7. The van der Waals surface area contributed by atoms with Crippen molar-refractivity contribution < 1.29 is 29.4 Å². The molecule has 10 nitrogen and oxygen atoms in total. The van der Waals surface area contributed by atoms with Crippen LogP contribution in [0, 0.1) is 0 Å². The molecule has 1 aromatic carbocycles. The lowest BCUT2D eigenvalue weighted by atomic mass is 9.98. The molecule has 1 aliphatic heterocycles. The summed E-state index contributed by atoms with van der Waals surface area (Å²) in [5.74, 6) is -2.32. The number of carboxylic acid groups (broad SMARTS) is 2. The molecule has 0 saturated carbocycles. The number of aliphatic imine (C=N–C) groups is 1. The van der Waals surface area contributed by atoms with E-state index in [0.717, 1.165) is 11.1 Å². The molecule has 1 unspecified atom stereocenters. The molecule has 0 spiro atoms. The van der Waals surface area contributed by atoms with Crippen molar-refractivity contribution >= 4 is 35.3 Å². The molecule has 1 aliphatic rings. The van der Waals surface area contributed by atoms with Crippen LogP contribution in [-0.4, -0.2) is 50.7 Å². The number of carbonyl (C=O) groups is 4. The van der Waals surface area contributed by atoms with Crippen LogP contribution in [0.3, 0.4) is 0 Å². The largest absolute Gasteiger partial charge is 0.481 e. The monoisotopic (exact) mass is 426 g/mol. The number of nitrogens with one attached hydrogen (secondary N) is 2. The first-order valence-corrected chi connectivity index (χ1v) is 9.65. The topological polar surface area (TPSA) is 175 Å². The number of amidine groups is 1. The minimum absolute atomic E-state index is 0.0679. The van der Waals surface area contributed by atoms with E-state index in [2.05, 4.69) is 15.3 Å². The molecule has 2 aromatic rings. The molecule has 3 rings (SSSR count). The highest BCUT2D eigenvalue weighted by atomic mass is 16.4. The summed E-state index contributed by atoms with van der Waals surface area (Å²) in [4.78, 5) is 53.5. The van der Waals surface area contributed by atoms with Crippen molar-refractivity contribution in [1.82, 2.24) is 10.3 Å². The Balaban J connectivity index is 1.61. The molecule has 1 atom stereocenters. The molecule has 0 radical (unpaired) electrons. The Kier molecular flexibility index (Phi) is 6.49. The predicted octanol–water partition coefficient (Wildman–Crippen LogP) is 1.42. The smallest absolute Gasteiger partial charge is 0.326 e. The van der Waals surface area contributed by atoms with Crippen LogP contribution in [0.5, 0.6) is 0 Å². The lowest BCUT2D eigenvalue weighted by molar-refractivity contribution is -0.140. The summed E-state index contributed by atoms with van der Waals surface area (Å²) >= 11 is 0. The number of rotatable bonds is 9. The maximum absolute atomic E-state index is 12.3. The minimum atomic E-state index is -1.29. The summed E-state index contributed by atoms with van der Waals surface area (Å²) in [6.45, 7) is 0. The summed E-state index contributed by atoms with van der Waals surface area (Å²) in [6, 6.07) is 5.36. The Labute approximate surface area is 177 Å². The zero-order valence-electron chi connectivity index (χ0n) is 16.6. The van der Waals surface area contributed by atoms with Crippen molar-refractivity contribution in [3.05, 3.63) is 52.7 Å².